The molecule has 36 heavy (non-hydrogen) atoms. The van der Waals surface area contributed by atoms with E-state index in [-0.39, 0.29) is 5.91 Å². The van der Waals surface area contributed by atoms with Gasteiger partial charge in [-0.2, -0.15) is 5.10 Å². The maximum absolute atomic E-state index is 12.6. The van der Waals surface area contributed by atoms with Crippen molar-refractivity contribution in [3.8, 4) is 5.69 Å². The SMILES string of the molecule is CCCC(=O)N1CCCN(c2nc(Cc3ccc(C)cc3)nc3c2c(C)nn3-c2ccccc2)CC1. The number of carbonyl (C=O) groups excluding carboxylic acids is 1. The smallest absolute Gasteiger partial charge is 0.222 e. The molecule has 0 radical (unpaired) electrons. The van der Waals surface area contributed by atoms with Crippen molar-refractivity contribution >= 4 is 22.8 Å². The molecule has 1 aliphatic rings. The lowest BCUT2D eigenvalue weighted by atomic mass is 10.1. The van der Waals surface area contributed by atoms with Crippen LogP contribution >= 0.6 is 0 Å². The first-order valence-electron chi connectivity index (χ1n) is 12.9. The molecule has 0 unspecified atom stereocenters. The largest absolute Gasteiger partial charge is 0.354 e. The number of carbonyl (C=O) groups is 1. The molecule has 2 aromatic carbocycles. The molecule has 1 aliphatic heterocycles. The fraction of sp³-hybridized carbons (Fsp3) is 0.379. The zero-order valence-corrected chi connectivity index (χ0v) is 21.4. The van der Waals surface area contributed by atoms with Crippen LogP contribution in [0.1, 0.15) is 48.8 Å². The minimum absolute atomic E-state index is 0.250. The van der Waals surface area contributed by atoms with Gasteiger partial charge in [-0.15, -0.1) is 0 Å². The molecule has 1 amide bonds. The average Bonchev–Trinajstić information content (AvgIpc) is 3.05. The van der Waals surface area contributed by atoms with Crippen molar-refractivity contribution in [1.29, 1.82) is 0 Å². The lowest BCUT2D eigenvalue weighted by Crippen LogP contribution is -2.35. The third-order valence-corrected chi connectivity index (χ3v) is 6.83. The van der Waals surface area contributed by atoms with Gasteiger partial charge in [-0.25, -0.2) is 14.6 Å². The maximum atomic E-state index is 12.6. The molecule has 2 aromatic heterocycles. The van der Waals surface area contributed by atoms with Crippen molar-refractivity contribution in [3.63, 3.8) is 0 Å². The van der Waals surface area contributed by atoms with E-state index in [4.69, 9.17) is 15.1 Å². The van der Waals surface area contributed by atoms with Crippen LogP contribution in [0.2, 0.25) is 0 Å². The molecule has 1 saturated heterocycles. The summed E-state index contributed by atoms with van der Waals surface area (Å²) in [6, 6.07) is 18.7. The Morgan fingerprint density at radius 3 is 2.44 bits per heavy atom. The molecule has 0 N–H and O–H groups in total. The second kappa shape index (κ2) is 10.5. The topological polar surface area (TPSA) is 67.2 Å². The number of benzene rings is 2. The standard InChI is InChI=1S/C29H34N6O/c1-4-9-26(36)33-16-8-17-34(19-18-33)28-27-22(3)32-35(24-10-6-5-7-11-24)29(27)31-25(30-28)20-23-14-12-21(2)13-15-23/h5-7,10-15H,4,8-9,16-20H2,1-3H3. The molecule has 0 atom stereocenters. The molecule has 5 rings (SSSR count). The third kappa shape index (κ3) is 4.96. The fourth-order valence-electron chi connectivity index (χ4n) is 4.90. The minimum atomic E-state index is 0.250. The van der Waals surface area contributed by atoms with Crippen molar-refractivity contribution in [3.05, 3.63) is 77.2 Å². The Morgan fingerprint density at radius 2 is 1.69 bits per heavy atom. The van der Waals surface area contributed by atoms with Gasteiger partial charge >= 0.3 is 0 Å². The summed E-state index contributed by atoms with van der Waals surface area (Å²) in [7, 11) is 0. The number of anilines is 1. The molecule has 1 fully saturated rings. The van der Waals surface area contributed by atoms with Crippen LogP contribution in [0.25, 0.3) is 16.7 Å². The summed E-state index contributed by atoms with van der Waals surface area (Å²) in [4.78, 5) is 27.1. The normalized spacial score (nSPS) is 14.3. The Bertz CT molecular complexity index is 1350. The van der Waals surface area contributed by atoms with Gasteiger partial charge in [0.1, 0.15) is 11.6 Å². The highest BCUT2D eigenvalue weighted by Crippen LogP contribution is 2.30. The molecule has 7 heteroatoms. The molecule has 0 aliphatic carbocycles. The predicted molar refractivity (Wildman–Crippen MR) is 144 cm³/mol. The Morgan fingerprint density at radius 1 is 0.917 bits per heavy atom. The third-order valence-electron chi connectivity index (χ3n) is 6.83. The van der Waals surface area contributed by atoms with E-state index in [2.05, 4.69) is 55.1 Å². The Labute approximate surface area is 212 Å². The van der Waals surface area contributed by atoms with Crippen molar-refractivity contribution < 1.29 is 4.79 Å². The van der Waals surface area contributed by atoms with Crippen LogP contribution in [0, 0.1) is 13.8 Å². The summed E-state index contributed by atoms with van der Waals surface area (Å²) in [5.41, 5.74) is 5.14. The van der Waals surface area contributed by atoms with E-state index in [0.29, 0.717) is 19.4 Å². The summed E-state index contributed by atoms with van der Waals surface area (Å²) in [6.45, 7) is 9.29. The molecule has 0 bridgehead atoms. The van der Waals surface area contributed by atoms with Crippen LogP contribution in [-0.4, -0.2) is 56.7 Å². The van der Waals surface area contributed by atoms with Crippen LogP contribution < -0.4 is 4.90 Å². The van der Waals surface area contributed by atoms with E-state index in [1.165, 1.54) is 11.1 Å². The quantitative estimate of drug-likeness (QED) is 0.393. The summed E-state index contributed by atoms with van der Waals surface area (Å²) in [5.74, 6) is 1.95. The lowest BCUT2D eigenvalue weighted by molar-refractivity contribution is -0.131. The molecule has 7 nitrogen and oxygen atoms in total. The number of aryl methyl sites for hydroxylation is 2. The summed E-state index contributed by atoms with van der Waals surface area (Å²) < 4.78 is 1.93. The van der Waals surface area contributed by atoms with Crippen molar-refractivity contribution in [1.82, 2.24) is 24.6 Å². The van der Waals surface area contributed by atoms with Crippen LogP contribution in [0.4, 0.5) is 5.82 Å². The number of hydrogen-bond donors (Lipinski definition) is 0. The molecule has 186 valence electrons. The fourth-order valence-corrected chi connectivity index (χ4v) is 4.90. The Kier molecular flexibility index (Phi) is 6.98. The molecule has 4 aromatic rings. The number of amides is 1. The first-order chi connectivity index (χ1) is 17.5. The zero-order chi connectivity index (χ0) is 25.1. The van der Waals surface area contributed by atoms with Gasteiger partial charge in [0, 0.05) is 39.0 Å². The number of aromatic nitrogens is 4. The highest BCUT2D eigenvalue weighted by molar-refractivity contribution is 5.91. The molecule has 0 spiro atoms. The van der Waals surface area contributed by atoms with Crippen LogP contribution in [0.15, 0.2) is 54.6 Å². The van der Waals surface area contributed by atoms with Crippen molar-refractivity contribution in [2.45, 2.75) is 46.5 Å². The van der Waals surface area contributed by atoms with E-state index in [1.54, 1.807) is 0 Å². The van der Waals surface area contributed by atoms with E-state index >= 15 is 0 Å². The van der Waals surface area contributed by atoms with E-state index in [0.717, 1.165) is 66.5 Å². The first kappa shape index (κ1) is 24.0. The molecular formula is C29H34N6O. The van der Waals surface area contributed by atoms with Gasteiger partial charge in [0.2, 0.25) is 5.91 Å². The Balaban J connectivity index is 1.57. The number of hydrogen-bond acceptors (Lipinski definition) is 5. The van der Waals surface area contributed by atoms with Gasteiger partial charge in [0.25, 0.3) is 0 Å². The number of nitrogens with zero attached hydrogens (tertiary/aromatic N) is 6. The number of rotatable bonds is 6. The monoisotopic (exact) mass is 482 g/mol. The van der Waals surface area contributed by atoms with Crippen LogP contribution in [0.5, 0.6) is 0 Å². The first-order valence-corrected chi connectivity index (χ1v) is 12.9. The minimum Gasteiger partial charge on any atom is -0.354 e. The van der Waals surface area contributed by atoms with E-state index < -0.39 is 0 Å². The van der Waals surface area contributed by atoms with Gasteiger partial charge < -0.3 is 9.80 Å². The number of para-hydroxylation sites is 1. The van der Waals surface area contributed by atoms with E-state index in [1.807, 2.05) is 34.7 Å². The van der Waals surface area contributed by atoms with Crippen molar-refractivity contribution in [2.24, 2.45) is 0 Å². The molecular weight excluding hydrogens is 448 g/mol. The highest BCUT2D eigenvalue weighted by atomic mass is 16.2. The predicted octanol–water partition coefficient (Wildman–Crippen LogP) is 4.86. The molecule has 0 saturated carbocycles. The molecule has 3 heterocycles. The lowest BCUT2D eigenvalue weighted by Gasteiger charge is -2.24. The van der Waals surface area contributed by atoms with Crippen LogP contribution in [-0.2, 0) is 11.2 Å². The summed E-state index contributed by atoms with van der Waals surface area (Å²) in [5, 5.41) is 5.88. The highest BCUT2D eigenvalue weighted by Gasteiger charge is 2.25. The van der Waals surface area contributed by atoms with Gasteiger partial charge in [-0.1, -0.05) is 55.0 Å². The van der Waals surface area contributed by atoms with Crippen molar-refractivity contribution in [2.75, 3.05) is 31.1 Å². The summed E-state index contributed by atoms with van der Waals surface area (Å²) >= 11 is 0. The van der Waals surface area contributed by atoms with Gasteiger partial charge in [0.15, 0.2) is 5.65 Å². The van der Waals surface area contributed by atoms with Gasteiger partial charge in [0.05, 0.1) is 16.8 Å². The number of fused-ring (bicyclic) bond motifs is 1. The van der Waals surface area contributed by atoms with E-state index in [9.17, 15) is 4.79 Å². The maximum Gasteiger partial charge on any atom is 0.222 e. The zero-order valence-electron chi connectivity index (χ0n) is 21.4. The van der Waals surface area contributed by atoms with Gasteiger partial charge in [-0.3, -0.25) is 4.79 Å². The Hall–Kier alpha value is -3.74. The summed E-state index contributed by atoms with van der Waals surface area (Å²) in [6.07, 6.45) is 3.06. The van der Waals surface area contributed by atoms with Crippen LogP contribution in [0.3, 0.4) is 0 Å². The average molecular weight is 483 g/mol. The van der Waals surface area contributed by atoms with Gasteiger partial charge in [-0.05, 0) is 44.4 Å². The second-order valence-corrected chi connectivity index (χ2v) is 9.63. The second-order valence-electron chi connectivity index (χ2n) is 9.63.